The lowest BCUT2D eigenvalue weighted by molar-refractivity contribution is 0.464. The summed E-state index contributed by atoms with van der Waals surface area (Å²) in [4.78, 5) is 0. The van der Waals surface area contributed by atoms with Crippen LogP contribution in [0, 0.1) is 13.8 Å². The van der Waals surface area contributed by atoms with E-state index in [4.69, 9.17) is 0 Å². The van der Waals surface area contributed by atoms with Gasteiger partial charge in [-0.05, 0) is 43.0 Å². The minimum atomic E-state index is 0.389. The molecule has 70 valence electrons. The highest BCUT2D eigenvalue weighted by Crippen LogP contribution is 2.31. The quantitative estimate of drug-likeness (QED) is 0.785. The molecule has 1 N–H and O–H groups in total. The highest BCUT2D eigenvalue weighted by Gasteiger charge is 2.08. The number of hydrogen-bond acceptors (Lipinski definition) is 1. The molecule has 0 radical (unpaired) electrons. The van der Waals surface area contributed by atoms with Gasteiger partial charge in [0.1, 0.15) is 5.75 Å². The lowest BCUT2D eigenvalue weighted by atomic mass is 10.0. The van der Waals surface area contributed by atoms with Crippen molar-refractivity contribution in [2.45, 2.75) is 20.3 Å². The van der Waals surface area contributed by atoms with E-state index in [9.17, 15) is 5.11 Å². The Morgan fingerprint density at radius 3 is 2.62 bits per heavy atom. The van der Waals surface area contributed by atoms with Crippen LogP contribution < -0.4 is 0 Å². The van der Waals surface area contributed by atoms with Crippen LogP contribution in [0.15, 0.2) is 23.2 Å². The lowest BCUT2D eigenvalue weighted by Crippen LogP contribution is -1.90. The molecule has 0 amide bonds. The normalized spacial score (nSPS) is 10.1. The predicted octanol–water partition coefficient (Wildman–Crippen LogP) is 3.50. The van der Waals surface area contributed by atoms with Crippen molar-refractivity contribution in [3.05, 3.63) is 39.9 Å². The zero-order valence-electron chi connectivity index (χ0n) is 7.89. The molecule has 0 aromatic heterocycles. The van der Waals surface area contributed by atoms with Gasteiger partial charge in [-0.1, -0.05) is 22.0 Å². The second kappa shape index (κ2) is 3.97. The summed E-state index contributed by atoms with van der Waals surface area (Å²) in [6, 6.07) is 1.94. The van der Waals surface area contributed by atoms with Gasteiger partial charge in [0.15, 0.2) is 0 Å². The van der Waals surface area contributed by atoms with Crippen LogP contribution >= 0.6 is 15.9 Å². The summed E-state index contributed by atoms with van der Waals surface area (Å²) in [6.07, 6.45) is 2.49. The molecule has 0 unspecified atom stereocenters. The number of hydrogen-bond donors (Lipinski definition) is 1. The summed E-state index contributed by atoms with van der Waals surface area (Å²) in [5.74, 6) is 0.389. The van der Waals surface area contributed by atoms with Crippen LogP contribution in [0.3, 0.4) is 0 Å². The van der Waals surface area contributed by atoms with Crippen molar-refractivity contribution in [1.82, 2.24) is 0 Å². The fourth-order valence-corrected chi connectivity index (χ4v) is 1.81. The summed E-state index contributed by atoms with van der Waals surface area (Å²) in [5.41, 5.74) is 2.95. The minimum Gasteiger partial charge on any atom is -0.507 e. The summed E-state index contributed by atoms with van der Waals surface area (Å²) in [6.45, 7) is 7.55. The van der Waals surface area contributed by atoms with Crippen molar-refractivity contribution >= 4 is 15.9 Å². The summed E-state index contributed by atoms with van der Waals surface area (Å²) >= 11 is 3.46. The van der Waals surface area contributed by atoms with Crippen molar-refractivity contribution in [3.8, 4) is 5.75 Å². The van der Waals surface area contributed by atoms with E-state index < -0.39 is 0 Å². The molecule has 0 heterocycles. The molecule has 0 atom stereocenters. The molecule has 0 fully saturated rings. The fourth-order valence-electron chi connectivity index (χ4n) is 1.24. The largest absolute Gasteiger partial charge is 0.507 e. The minimum absolute atomic E-state index is 0.389. The molecule has 1 aromatic rings. The third-order valence-corrected chi connectivity index (χ3v) is 3.07. The molecule has 0 saturated carbocycles. The van der Waals surface area contributed by atoms with E-state index in [0.29, 0.717) is 12.2 Å². The molecule has 2 heteroatoms. The lowest BCUT2D eigenvalue weighted by Gasteiger charge is -2.10. The van der Waals surface area contributed by atoms with E-state index in [-0.39, 0.29) is 0 Å². The van der Waals surface area contributed by atoms with Crippen molar-refractivity contribution < 1.29 is 5.11 Å². The third-order valence-electron chi connectivity index (χ3n) is 2.25. The third kappa shape index (κ3) is 1.94. The molecule has 0 spiro atoms. The zero-order chi connectivity index (χ0) is 10.0. The Morgan fingerprint density at radius 2 is 2.08 bits per heavy atom. The van der Waals surface area contributed by atoms with E-state index >= 15 is 0 Å². The Kier molecular flexibility index (Phi) is 3.15. The van der Waals surface area contributed by atoms with Gasteiger partial charge in [-0.2, -0.15) is 0 Å². The Balaban J connectivity index is 3.31. The summed E-state index contributed by atoms with van der Waals surface area (Å²) in [5, 5.41) is 9.77. The van der Waals surface area contributed by atoms with Gasteiger partial charge < -0.3 is 5.11 Å². The smallest absolute Gasteiger partial charge is 0.122 e. The molecule has 1 aromatic carbocycles. The van der Waals surface area contributed by atoms with Gasteiger partial charge >= 0.3 is 0 Å². The number of phenolic OH excluding ortho intramolecular Hbond substituents is 1. The molecule has 0 saturated heterocycles. The number of rotatable bonds is 2. The first kappa shape index (κ1) is 10.3. The second-order valence-corrected chi connectivity index (χ2v) is 3.96. The molecule has 0 aliphatic carbocycles. The highest BCUT2D eigenvalue weighted by molar-refractivity contribution is 9.10. The Bertz CT molecular complexity index is 342. The number of benzene rings is 1. The molecule has 0 aliphatic heterocycles. The maximum absolute atomic E-state index is 9.77. The highest BCUT2D eigenvalue weighted by atomic mass is 79.9. The molecule has 1 nitrogen and oxygen atoms in total. The number of halogens is 1. The van der Waals surface area contributed by atoms with Crippen LogP contribution in [0.4, 0.5) is 0 Å². The van der Waals surface area contributed by atoms with Gasteiger partial charge in [0.2, 0.25) is 0 Å². The maximum Gasteiger partial charge on any atom is 0.122 e. The van der Waals surface area contributed by atoms with Gasteiger partial charge in [0.25, 0.3) is 0 Å². The fraction of sp³-hybridized carbons (Fsp3) is 0.273. The molecular formula is C11H13BrO. The topological polar surface area (TPSA) is 20.2 Å². The average Bonchev–Trinajstić information content (AvgIpc) is 2.11. The standard InChI is InChI=1S/C11H13BrO/c1-4-5-9-6-10(12)7(2)8(3)11(9)13/h4,6,13H,1,5H2,2-3H3. The van der Waals surface area contributed by atoms with E-state index in [0.717, 1.165) is 21.2 Å². The van der Waals surface area contributed by atoms with Gasteiger partial charge in [-0.3, -0.25) is 0 Å². The number of aromatic hydroxyl groups is 1. The average molecular weight is 241 g/mol. The number of phenols is 1. The molecule has 0 bridgehead atoms. The van der Waals surface area contributed by atoms with Gasteiger partial charge in [0, 0.05) is 4.47 Å². The van der Waals surface area contributed by atoms with E-state index in [1.165, 1.54) is 0 Å². The second-order valence-electron chi connectivity index (χ2n) is 3.11. The van der Waals surface area contributed by atoms with Crippen LogP contribution in [-0.2, 0) is 6.42 Å². The Morgan fingerprint density at radius 1 is 1.46 bits per heavy atom. The van der Waals surface area contributed by atoms with Crippen molar-refractivity contribution in [2.75, 3.05) is 0 Å². The van der Waals surface area contributed by atoms with Crippen LogP contribution in [0.5, 0.6) is 5.75 Å². The first-order valence-electron chi connectivity index (χ1n) is 4.16. The first-order valence-corrected chi connectivity index (χ1v) is 4.95. The van der Waals surface area contributed by atoms with Gasteiger partial charge in [-0.25, -0.2) is 0 Å². The molecule has 13 heavy (non-hydrogen) atoms. The SMILES string of the molecule is C=CCc1cc(Br)c(C)c(C)c1O. The summed E-state index contributed by atoms with van der Waals surface area (Å²) in [7, 11) is 0. The van der Waals surface area contributed by atoms with Crippen LogP contribution in [0.2, 0.25) is 0 Å². The summed E-state index contributed by atoms with van der Waals surface area (Å²) < 4.78 is 1.04. The van der Waals surface area contributed by atoms with Crippen LogP contribution in [0.1, 0.15) is 16.7 Å². The number of allylic oxidation sites excluding steroid dienone is 1. The first-order chi connectivity index (χ1) is 6.07. The predicted molar refractivity (Wildman–Crippen MR) is 59.2 cm³/mol. The van der Waals surface area contributed by atoms with Gasteiger partial charge in [0.05, 0.1) is 0 Å². The molecule has 1 rings (SSSR count). The molecular weight excluding hydrogens is 228 g/mol. The Labute approximate surface area is 87.2 Å². The van der Waals surface area contributed by atoms with Crippen LogP contribution in [-0.4, -0.2) is 5.11 Å². The van der Waals surface area contributed by atoms with E-state index in [1.54, 1.807) is 6.08 Å². The monoisotopic (exact) mass is 240 g/mol. The van der Waals surface area contributed by atoms with Crippen LogP contribution in [0.25, 0.3) is 0 Å². The van der Waals surface area contributed by atoms with E-state index in [2.05, 4.69) is 22.5 Å². The maximum atomic E-state index is 9.77. The zero-order valence-corrected chi connectivity index (χ0v) is 9.48. The van der Waals surface area contributed by atoms with Crippen molar-refractivity contribution in [1.29, 1.82) is 0 Å². The van der Waals surface area contributed by atoms with Crippen molar-refractivity contribution in [3.63, 3.8) is 0 Å². The van der Waals surface area contributed by atoms with Gasteiger partial charge in [-0.15, -0.1) is 6.58 Å². The molecule has 0 aliphatic rings. The Hall–Kier alpha value is -0.760. The van der Waals surface area contributed by atoms with E-state index in [1.807, 2.05) is 19.9 Å². The van der Waals surface area contributed by atoms with Crippen molar-refractivity contribution in [2.24, 2.45) is 0 Å².